The number of carbonyl (C=O) groups is 1. The van der Waals surface area contributed by atoms with Gasteiger partial charge in [0.05, 0.1) is 13.2 Å². The summed E-state index contributed by atoms with van der Waals surface area (Å²) < 4.78 is 16.4. The maximum atomic E-state index is 12.2. The number of anilines is 1. The number of benzene rings is 2. The van der Waals surface area contributed by atoms with Crippen LogP contribution in [0, 0.1) is 25.2 Å². The van der Waals surface area contributed by atoms with Gasteiger partial charge in [0.15, 0.2) is 5.82 Å². The van der Waals surface area contributed by atoms with Crippen LogP contribution in [0.1, 0.15) is 23.3 Å². The van der Waals surface area contributed by atoms with Gasteiger partial charge >= 0.3 is 0 Å². The summed E-state index contributed by atoms with van der Waals surface area (Å²) in [4.78, 5) is 12.2. The maximum Gasteiger partial charge on any atom is 0.267 e. The van der Waals surface area contributed by atoms with Crippen LogP contribution in [0.3, 0.4) is 0 Å². The van der Waals surface area contributed by atoms with E-state index in [4.69, 9.17) is 14.0 Å². The quantitative estimate of drug-likeness (QED) is 0.308. The molecule has 7 nitrogen and oxygen atoms in total. The highest BCUT2D eigenvalue weighted by Gasteiger charge is 2.11. The number of carbonyl (C=O) groups excluding carboxylic acids is 1. The summed E-state index contributed by atoms with van der Waals surface area (Å²) in [5.41, 5.74) is 1.77. The van der Waals surface area contributed by atoms with E-state index in [1.807, 2.05) is 37.3 Å². The summed E-state index contributed by atoms with van der Waals surface area (Å²) in [5, 5.41) is 15.5. The zero-order valence-electron chi connectivity index (χ0n) is 17.4. The van der Waals surface area contributed by atoms with Gasteiger partial charge < -0.3 is 19.3 Å². The molecule has 31 heavy (non-hydrogen) atoms. The summed E-state index contributed by atoms with van der Waals surface area (Å²) in [6.45, 7) is 4.81. The van der Waals surface area contributed by atoms with Gasteiger partial charge in [0.25, 0.3) is 5.91 Å². The van der Waals surface area contributed by atoms with Crippen LogP contribution in [-0.2, 0) is 4.79 Å². The van der Waals surface area contributed by atoms with Gasteiger partial charge in [-0.2, -0.15) is 5.26 Å². The van der Waals surface area contributed by atoms with Crippen molar-refractivity contribution in [3.8, 4) is 17.6 Å². The van der Waals surface area contributed by atoms with Crippen LogP contribution >= 0.6 is 0 Å². The van der Waals surface area contributed by atoms with Crippen molar-refractivity contribution in [1.29, 1.82) is 5.26 Å². The summed E-state index contributed by atoms with van der Waals surface area (Å²) in [5.74, 6) is 1.86. The standard InChI is InChI=1S/C24H23N3O4/c1-17-6-3-4-7-22(17)30-13-5-12-29-21-10-8-19(9-11-21)15-20(16-25)24(28)26-23-14-18(2)31-27-23/h3-4,6-11,14-15H,5,12-13H2,1-2H3,(H,26,27,28)/b20-15-. The predicted molar refractivity (Wildman–Crippen MR) is 117 cm³/mol. The average molecular weight is 417 g/mol. The zero-order chi connectivity index (χ0) is 22.1. The molecule has 1 amide bonds. The third-order valence-corrected chi connectivity index (χ3v) is 4.33. The Morgan fingerprint density at radius 2 is 1.87 bits per heavy atom. The molecule has 0 bridgehead atoms. The second-order valence-electron chi connectivity index (χ2n) is 6.83. The van der Waals surface area contributed by atoms with E-state index in [2.05, 4.69) is 10.5 Å². The van der Waals surface area contributed by atoms with E-state index >= 15 is 0 Å². The first-order chi connectivity index (χ1) is 15.0. The number of nitrogens with zero attached hydrogens (tertiary/aromatic N) is 2. The van der Waals surface area contributed by atoms with E-state index in [0.717, 1.165) is 17.7 Å². The molecule has 0 saturated heterocycles. The Bertz CT molecular complexity index is 1090. The van der Waals surface area contributed by atoms with E-state index in [1.165, 1.54) is 6.08 Å². The smallest absolute Gasteiger partial charge is 0.267 e. The van der Waals surface area contributed by atoms with Crippen LogP contribution in [0.15, 0.2) is 64.7 Å². The number of aromatic nitrogens is 1. The lowest BCUT2D eigenvalue weighted by Gasteiger charge is -2.10. The fourth-order valence-electron chi connectivity index (χ4n) is 2.73. The van der Waals surface area contributed by atoms with Gasteiger partial charge in [0.2, 0.25) is 0 Å². The number of rotatable bonds is 9. The van der Waals surface area contributed by atoms with E-state index in [0.29, 0.717) is 30.3 Å². The van der Waals surface area contributed by atoms with Crippen molar-refractivity contribution in [3.05, 3.63) is 77.1 Å². The van der Waals surface area contributed by atoms with Crippen LogP contribution in [-0.4, -0.2) is 24.3 Å². The first-order valence-electron chi connectivity index (χ1n) is 9.83. The van der Waals surface area contributed by atoms with Crippen molar-refractivity contribution >= 4 is 17.8 Å². The molecule has 0 aliphatic rings. The number of hydrogen-bond acceptors (Lipinski definition) is 6. The fourth-order valence-corrected chi connectivity index (χ4v) is 2.73. The van der Waals surface area contributed by atoms with Crippen molar-refractivity contribution in [2.45, 2.75) is 20.3 Å². The number of amides is 1. The number of aryl methyl sites for hydroxylation is 2. The average Bonchev–Trinajstić information content (AvgIpc) is 3.18. The largest absolute Gasteiger partial charge is 0.493 e. The highest BCUT2D eigenvalue weighted by molar-refractivity contribution is 6.09. The predicted octanol–water partition coefficient (Wildman–Crippen LogP) is 4.69. The van der Waals surface area contributed by atoms with Crippen molar-refractivity contribution in [3.63, 3.8) is 0 Å². The third kappa shape index (κ3) is 6.47. The molecule has 1 heterocycles. The van der Waals surface area contributed by atoms with Crippen LogP contribution in [0.2, 0.25) is 0 Å². The molecule has 1 aromatic heterocycles. The topological polar surface area (TPSA) is 97.4 Å². The molecule has 0 radical (unpaired) electrons. The van der Waals surface area contributed by atoms with E-state index < -0.39 is 5.91 Å². The Kier molecular flexibility index (Phi) is 7.44. The second-order valence-corrected chi connectivity index (χ2v) is 6.83. The fraction of sp³-hybridized carbons (Fsp3) is 0.208. The molecular formula is C24H23N3O4. The SMILES string of the molecule is Cc1cc(NC(=O)/C(C#N)=C\c2ccc(OCCCOc3ccccc3C)cc2)no1. The molecule has 0 fully saturated rings. The Labute approximate surface area is 180 Å². The molecule has 3 aromatic rings. The lowest BCUT2D eigenvalue weighted by Crippen LogP contribution is -2.13. The minimum Gasteiger partial charge on any atom is -0.493 e. The second kappa shape index (κ2) is 10.6. The minimum absolute atomic E-state index is 0.0392. The van der Waals surface area contributed by atoms with Gasteiger partial charge in [-0.05, 0) is 49.2 Å². The minimum atomic E-state index is -0.551. The van der Waals surface area contributed by atoms with Gasteiger partial charge in [0, 0.05) is 12.5 Å². The Balaban J connectivity index is 1.47. The molecule has 3 rings (SSSR count). The normalized spacial score (nSPS) is 10.9. The molecule has 0 saturated carbocycles. The van der Waals surface area contributed by atoms with Crippen LogP contribution in [0.25, 0.3) is 6.08 Å². The number of nitriles is 1. The molecule has 0 atom stereocenters. The summed E-state index contributed by atoms with van der Waals surface area (Å²) in [6, 6.07) is 18.5. The van der Waals surface area contributed by atoms with Gasteiger partial charge in [-0.15, -0.1) is 0 Å². The maximum absolute atomic E-state index is 12.2. The monoisotopic (exact) mass is 417 g/mol. The Hall–Kier alpha value is -4.05. The molecule has 158 valence electrons. The summed E-state index contributed by atoms with van der Waals surface area (Å²) in [7, 11) is 0. The highest BCUT2D eigenvalue weighted by atomic mass is 16.5. The van der Waals surface area contributed by atoms with Crippen molar-refractivity contribution < 1.29 is 18.8 Å². The van der Waals surface area contributed by atoms with Crippen molar-refractivity contribution in [2.75, 3.05) is 18.5 Å². The molecule has 0 aliphatic carbocycles. The molecule has 0 aliphatic heterocycles. The lowest BCUT2D eigenvalue weighted by molar-refractivity contribution is -0.112. The summed E-state index contributed by atoms with van der Waals surface area (Å²) in [6.07, 6.45) is 2.25. The molecule has 2 aromatic carbocycles. The first kappa shape index (κ1) is 21.7. The van der Waals surface area contributed by atoms with E-state index in [9.17, 15) is 10.1 Å². The van der Waals surface area contributed by atoms with Crippen molar-refractivity contribution in [1.82, 2.24) is 5.16 Å². The number of para-hydroxylation sites is 1. The zero-order valence-corrected chi connectivity index (χ0v) is 17.4. The number of ether oxygens (including phenoxy) is 2. The van der Waals surface area contributed by atoms with Gasteiger partial charge in [-0.3, -0.25) is 4.79 Å². The van der Waals surface area contributed by atoms with Crippen molar-refractivity contribution in [2.24, 2.45) is 0 Å². The Morgan fingerprint density at radius 3 is 2.55 bits per heavy atom. The molecule has 0 unspecified atom stereocenters. The van der Waals surface area contributed by atoms with Crippen LogP contribution in [0.4, 0.5) is 5.82 Å². The van der Waals surface area contributed by atoms with Crippen LogP contribution in [0.5, 0.6) is 11.5 Å². The van der Waals surface area contributed by atoms with Gasteiger partial charge in [-0.1, -0.05) is 35.5 Å². The first-order valence-corrected chi connectivity index (χ1v) is 9.83. The van der Waals surface area contributed by atoms with E-state index in [1.54, 1.807) is 37.3 Å². The third-order valence-electron chi connectivity index (χ3n) is 4.33. The van der Waals surface area contributed by atoms with Gasteiger partial charge in [-0.25, -0.2) is 0 Å². The van der Waals surface area contributed by atoms with Crippen LogP contribution < -0.4 is 14.8 Å². The molecular weight excluding hydrogens is 394 g/mol. The molecule has 0 spiro atoms. The number of nitrogens with one attached hydrogen (secondary N) is 1. The van der Waals surface area contributed by atoms with Gasteiger partial charge in [0.1, 0.15) is 28.9 Å². The van der Waals surface area contributed by atoms with E-state index in [-0.39, 0.29) is 11.4 Å². The number of hydrogen-bond donors (Lipinski definition) is 1. The lowest BCUT2D eigenvalue weighted by atomic mass is 10.1. The highest BCUT2D eigenvalue weighted by Crippen LogP contribution is 2.18. The Morgan fingerprint density at radius 1 is 1.13 bits per heavy atom. The summed E-state index contributed by atoms with van der Waals surface area (Å²) >= 11 is 0. The molecule has 7 heteroatoms. The molecule has 1 N–H and O–H groups in total.